The van der Waals surface area contributed by atoms with Gasteiger partial charge in [-0.1, -0.05) is 22.0 Å². The fourth-order valence-electron chi connectivity index (χ4n) is 1.77. The Hall–Kier alpha value is -1.47. The van der Waals surface area contributed by atoms with E-state index in [-0.39, 0.29) is 12.1 Å². The number of nitrogens with zero attached hydrogens (tertiary/aromatic N) is 1. The molecule has 0 aliphatic rings. The summed E-state index contributed by atoms with van der Waals surface area (Å²) in [6.45, 7) is 0. The Bertz CT molecular complexity index is 628. The summed E-state index contributed by atoms with van der Waals surface area (Å²) in [6, 6.07) is 5.98. The maximum Gasteiger partial charge on any atom is 0.417 e. The molecular weight excluding hydrogens is 354 g/mol. The van der Waals surface area contributed by atoms with Crippen LogP contribution < -0.4 is 0 Å². The molecule has 0 bridgehead atoms. The molecule has 0 aliphatic heterocycles. The van der Waals surface area contributed by atoms with Gasteiger partial charge in [-0.15, -0.1) is 0 Å². The van der Waals surface area contributed by atoms with Gasteiger partial charge in [0.2, 0.25) is 0 Å². The predicted octanol–water partition coefficient (Wildman–Crippen LogP) is 4.28. The van der Waals surface area contributed by atoms with Gasteiger partial charge >= 0.3 is 6.18 Å². The smallest absolute Gasteiger partial charge is 0.386 e. The summed E-state index contributed by atoms with van der Waals surface area (Å²) in [5, 5.41) is 10.0. The highest BCUT2D eigenvalue weighted by atomic mass is 79.9. The Morgan fingerprint density at radius 2 is 1.90 bits per heavy atom. The summed E-state index contributed by atoms with van der Waals surface area (Å²) in [4.78, 5) is 3.63. The Morgan fingerprint density at radius 3 is 2.43 bits per heavy atom. The van der Waals surface area contributed by atoms with Gasteiger partial charge in [0, 0.05) is 17.1 Å². The average Bonchev–Trinajstić information content (AvgIpc) is 2.41. The van der Waals surface area contributed by atoms with Gasteiger partial charge in [0.1, 0.15) is 5.82 Å². The van der Waals surface area contributed by atoms with Gasteiger partial charge in [-0.05, 0) is 29.8 Å². The van der Waals surface area contributed by atoms with Gasteiger partial charge in [0.05, 0.1) is 17.4 Å². The molecule has 1 N–H and O–H groups in total. The van der Waals surface area contributed by atoms with Crippen LogP contribution >= 0.6 is 15.9 Å². The number of pyridine rings is 1. The third-order valence-corrected chi connectivity index (χ3v) is 3.62. The third kappa shape index (κ3) is 4.01. The summed E-state index contributed by atoms with van der Waals surface area (Å²) in [6.07, 6.45) is -4.75. The van der Waals surface area contributed by atoms with E-state index in [9.17, 15) is 22.7 Å². The largest absolute Gasteiger partial charge is 0.417 e. The molecule has 0 saturated heterocycles. The van der Waals surface area contributed by atoms with E-state index in [4.69, 9.17) is 0 Å². The number of benzene rings is 1. The number of aliphatic hydroxyl groups excluding tert-OH is 1. The summed E-state index contributed by atoms with van der Waals surface area (Å²) < 4.78 is 50.7. The van der Waals surface area contributed by atoms with Gasteiger partial charge in [0.25, 0.3) is 0 Å². The first kappa shape index (κ1) is 15.9. The summed E-state index contributed by atoms with van der Waals surface area (Å²) in [7, 11) is 0. The summed E-state index contributed by atoms with van der Waals surface area (Å²) in [5.41, 5.74) is -0.119. The zero-order chi connectivity index (χ0) is 15.6. The quantitative estimate of drug-likeness (QED) is 0.825. The first-order valence-electron chi connectivity index (χ1n) is 5.92. The minimum Gasteiger partial charge on any atom is -0.386 e. The Balaban J connectivity index is 2.15. The van der Waals surface area contributed by atoms with E-state index in [1.54, 1.807) is 0 Å². The molecule has 1 aromatic heterocycles. The molecule has 2 nitrogen and oxygen atoms in total. The van der Waals surface area contributed by atoms with Crippen LogP contribution in [0.2, 0.25) is 0 Å². The van der Waals surface area contributed by atoms with Crippen molar-refractivity contribution in [1.82, 2.24) is 4.98 Å². The number of hydrogen-bond donors (Lipinski definition) is 1. The van der Waals surface area contributed by atoms with Gasteiger partial charge in [-0.2, -0.15) is 13.2 Å². The molecule has 2 aromatic rings. The lowest BCUT2D eigenvalue weighted by molar-refractivity contribution is -0.137. The number of aliphatic hydroxyl groups is 1. The number of alkyl halides is 3. The molecule has 2 rings (SSSR count). The lowest BCUT2D eigenvalue weighted by Crippen LogP contribution is -2.09. The molecule has 0 amide bonds. The van der Waals surface area contributed by atoms with Gasteiger partial charge in [-0.3, -0.25) is 4.98 Å². The normalized spacial score (nSPS) is 13.2. The van der Waals surface area contributed by atoms with Crippen molar-refractivity contribution < 1.29 is 22.7 Å². The van der Waals surface area contributed by atoms with Crippen LogP contribution in [0.4, 0.5) is 17.6 Å². The molecule has 1 aromatic carbocycles. The molecule has 112 valence electrons. The van der Waals surface area contributed by atoms with Crippen molar-refractivity contribution in [2.24, 2.45) is 0 Å². The molecule has 1 heterocycles. The van der Waals surface area contributed by atoms with Crippen LogP contribution in [0.1, 0.15) is 22.9 Å². The Morgan fingerprint density at radius 1 is 1.19 bits per heavy atom. The van der Waals surface area contributed by atoms with Crippen LogP contribution in [0.5, 0.6) is 0 Å². The van der Waals surface area contributed by atoms with Crippen LogP contribution in [-0.2, 0) is 12.6 Å². The van der Waals surface area contributed by atoms with Gasteiger partial charge in [-0.25, -0.2) is 4.39 Å². The van der Waals surface area contributed by atoms with Crippen molar-refractivity contribution in [3.8, 4) is 0 Å². The monoisotopic (exact) mass is 363 g/mol. The number of halogens is 5. The molecule has 0 radical (unpaired) electrons. The lowest BCUT2D eigenvalue weighted by Gasteiger charge is -2.13. The van der Waals surface area contributed by atoms with Gasteiger partial charge < -0.3 is 5.11 Å². The van der Waals surface area contributed by atoms with Crippen molar-refractivity contribution in [3.05, 3.63) is 63.6 Å². The molecule has 21 heavy (non-hydrogen) atoms. The topological polar surface area (TPSA) is 33.1 Å². The second-order valence-electron chi connectivity index (χ2n) is 4.43. The van der Waals surface area contributed by atoms with E-state index in [2.05, 4.69) is 20.9 Å². The molecule has 0 aliphatic carbocycles. The summed E-state index contributed by atoms with van der Waals surface area (Å²) in [5.74, 6) is -0.423. The zero-order valence-corrected chi connectivity index (χ0v) is 12.1. The minimum atomic E-state index is -4.46. The van der Waals surface area contributed by atoms with Crippen molar-refractivity contribution in [3.63, 3.8) is 0 Å². The maximum atomic E-state index is 13.0. The number of aromatic nitrogens is 1. The SMILES string of the molecule is OC(Cc1ccc(F)cc1Br)c1ccc(C(F)(F)F)cn1. The van der Waals surface area contributed by atoms with E-state index in [0.717, 1.165) is 12.1 Å². The highest BCUT2D eigenvalue weighted by Gasteiger charge is 2.30. The second-order valence-corrected chi connectivity index (χ2v) is 5.28. The highest BCUT2D eigenvalue weighted by Crippen LogP contribution is 2.29. The van der Waals surface area contributed by atoms with Crippen molar-refractivity contribution in [1.29, 1.82) is 0 Å². The van der Waals surface area contributed by atoms with Crippen LogP contribution in [0.25, 0.3) is 0 Å². The van der Waals surface area contributed by atoms with E-state index in [1.807, 2.05) is 0 Å². The fraction of sp³-hybridized carbons (Fsp3) is 0.214. The van der Waals surface area contributed by atoms with E-state index >= 15 is 0 Å². The fourth-order valence-corrected chi connectivity index (χ4v) is 2.28. The zero-order valence-electron chi connectivity index (χ0n) is 10.5. The molecule has 7 heteroatoms. The highest BCUT2D eigenvalue weighted by molar-refractivity contribution is 9.10. The molecule has 1 unspecified atom stereocenters. The third-order valence-electron chi connectivity index (χ3n) is 2.88. The first-order chi connectivity index (χ1) is 9.77. The Kier molecular flexibility index (Phi) is 4.63. The van der Waals surface area contributed by atoms with E-state index < -0.39 is 23.7 Å². The molecule has 1 atom stereocenters. The molecule has 0 fully saturated rings. The number of rotatable bonds is 3. The maximum absolute atomic E-state index is 13.0. The van der Waals surface area contributed by atoms with Crippen LogP contribution in [0.3, 0.4) is 0 Å². The lowest BCUT2D eigenvalue weighted by atomic mass is 10.0. The van der Waals surface area contributed by atoms with Crippen LogP contribution in [0, 0.1) is 5.82 Å². The molecule has 0 spiro atoms. The Labute approximate surface area is 126 Å². The first-order valence-corrected chi connectivity index (χ1v) is 6.72. The number of hydrogen-bond acceptors (Lipinski definition) is 2. The van der Waals surface area contributed by atoms with Crippen molar-refractivity contribution in [2.75, 3.05) is 0 Å². The van der Waals surface area contributed by atoms with Crippen LogP contribution in [-0.4, -0.2) is 10.1 Å². The summed E-state index contributed by atoms with van der Waals surface area (Å²) >= 11 is 3.17. The van der Waals surface area contributed by atoms with Crippen molar-refractivity contribution >= 4 is 15.9 Å². The molecular formula is C14H10BrF4NO. The van der Waals surface area contributed by atoms with E-state index in [1.165, 1.54) is 18.2 Å². The van der Waals surface area contributed by atoms with E-state index in [0.29, 0.717) is 16.2 Å². The average molecular weight is 364 g/mol. The second kappa shape index (κ2) is 6.11. The minimum absolute atomic E-state index is 0.110. The predicted molar refractivity (Wildman–Crippen MR) is 72.0 cm³/mol. The van der Waals surface area contributed by atoms with Crippen molar-refractivity contribution in [2.45, 2.75) is 18.7 Å². The standard InChI is InChI=1S/C14H10BrF4NO/c15-11-6-10(16)3-1-8(11)5-13(21)12-4-2-9(7-20-12)14(17,18)19/h1-4,6-7,13,21H,5H2. The molecule has 0 saturated carbocycles. The van der Waals surface area contributed by atoms with Gasteiger partial charge in [0.15, 0.2) is 0 Å². The van der Waals surface area contributed by atoms with Crippen LogP contribution in [0.15, 0.2) is 41.0 Å².